The van der Waals surface area contributed by atoms with Gasteiger partial charge in [0.1, 0.15) is 5.52 Å². The Labute approximate surface area is 91.5 Å². The van der Waals surface area contributed by atoms with Crippen molar-refractivity contribution in [2.75, 3.05) is 0 Å². The maximum Gasteiger partial charge on any atom is 0.274 e. The van der Waals surface area contributed by atoms with E-state index in [2.05, 4.69) is 4.98 Å². The number of rotatable bonds is 2. The third kappa shape index (κ3) is 1.83. The lowest BCUT2D eigenvalue weighted by molar-refractivity contribution is 0.242. The van der Waals surface area contributed by atoms with Crippen molar-refractivity contribution in [3.05, 3.63) is 23.2 Å². The van der Waals surface area contributed by atoms with Crippen molar-refractivity contribution in [1.29, 1.82) is 0 Å². The number of ether oxygens (including phenoxy) is 1. The summed E-state index contributed by atoms with van der Waals surface area (Å²) in [5.41, 5.74) is 0.829. The van der Waals surface area contributed by atoms with Crippen molar-refractivity contribution in [3.63, 3.8) is 0 Å². The maximum absolute atomic E-state index is 6.00. The number of nitrogens with zero attached hydrogens (tertiary/aromatic N) is 1. The molecule has 74 valence electrons. The van der Waals surface area contributed by atoms with Crippen molar-refractivity contribution in [2.24, 2.45) is 0 Å². The van der Waals surface area contributed by atoms with Crippen LogP contribution in [0.3, 0.4) is 0 Å². The summed E-state index contributed by atoms with van der Waals surface area (Å²) in [6.07, 6.45) is 0.148. The first-order valence-corrected chi connectivity index (χ1v) is 5.58. The average molecular weight is 228 g/mol. The molecular formula is C10H10ClNOS. The molecule has 2 aromatic rings. The summed E-state index contributed by atoms with van der Waals surface area (Å²) < 4.78 is 6.57. The van der Waals surface area contributed by atoms with Gasteiger partial charge < -0.3 is 4.74 Å². The molecule has 1 aromatic carbocycles. The molecule has 0 atom stereocenters. The summed E-state index contributed by atoms with van der Waals surface area (Å²) >= 11 is 7.52. The molecule has 2 nitrogen and oxygen atoms in total. The first-order valence-electron chi connectivity index (χ1n) is 4.38. The van der Waals surface area contributed by atoms with Gasteiger partial charge in [0.05, 0.1) is 15.8 Å². The summed E-state index contributed by atoms with van der Waals surface area (Å²) in [4.78, 5) is 4.32. The van der Waals surface area contributed by atoms with Gasteiger partial charge in [0.25, 0.3) is 5.19 Å². The van der Waals surface area contributed by atoms with Gasteiger partial charge in [-0.1, -0.05) is 29.0 Å². The van der Waals surface area contributed by atoms with E-state index in [0.717, 1.165) is 10.2 Å². The molecule has 0 unspecified atom stereocenters. The smallest absolute Gasteiger partial charge is 0.274 e. The van der Waals surface area contributed by atoms with Crippen LogP contribution in [0.2, 0.25) is 5.02 Å². The molecule has 0 N–H and O–H groups in total. The van der Waals surface area contributed by atoms with Crippen LogP contribution >= 0.6 is 22.9 Å². The van der Waals surface area contributed by atoms with E-state index in [1.807, 2.05) is 32.0 Å². The van der Waals surface area contributed by atoms with Gasteiger partial charge >= 0.3 is 0 Å². The van der Waals surface area contributed by atoms with Crippen LogP contribution in [0.1, 0.15) is 13.8 Å². The third-order valence-electron chi connectivity index (χ3n) is 1.69. The molecule has 1 aromatic heterocycles. The number of para-hydroxylation sites is 1. The SMILES string of the molecule is CC(C)Oc1nc2c(Cl)cccc2s1. The Morgan fingerprint density at radius 2 is 2.21 bits per heavy atom. The van der Waals surface area contributed by atoms with Crippen LogP contribution in [0, 0.1) is 0 Å². The van der Waals surface area contributed by atoms with Crippen molar-refractivity contribution in [1.82, 2.24) is 4.98 Å². The molecule has 1 heterocycles. The minimum absolute atomic E-state index is 0.148. The summed E-state index contributed by atoms with van der Waals surface area (Å²) in [6.45, 7) is 3.96. The van der Waals surface area contributed by atoms with Gasteiger partial charge in [0, 0.05) is 0 Å². The summed E-state index contributed by atoms with van der Waals surface area (Å²) in [5.74, 6) is 0. The fourth-order valence-corrected chi connectivity index (χ4v) is 2.38. The van der Waals surface area contributed by atoms with E-state index in [1.54, 1.807) is 0 Å². The topological polar surface area (TPSA) is 22.1 Å². The second kappa shape index (κ2) is 3.75. The fourth-order valence-electron chi connectivity index (χ4n) is 1.15. The lowest BCUT2D eigenvalue weighted by Crippen LogP contribution is -2.04. The molecule has 0 aliphatic rings. The highest BCUT2D eigenvalue weighted by Gasteiger charge is 2.08. The Kier molecular flexibility index (Phi) is 2.61. The van der Waals surface area contributed by atoms with E-state index in [-0.39, 0.29) is 6.10 Å². The predicted molar refractivity (Wildman–Crippen MR) is 60.4 cm³/mol. The number of hydrogen-bond acceptors (Lipinski definition) is 3. The summed E-state index contributed by atoms with van der Waals surface area (Å²) in [5, 5.41) is 1.36. The number of fused-ring (bicyclic) bond motifs is 1. The monoisotopic (exact) mass is 227 g/mol. The standard InChI is InChI=1S/C10H10ClNOS/c1-6(2)13-10-12-9-7(11)4-3-5-8(9)14-10/h3-6H,1-2H3. The molecule has 0 saturated heterocycles. The number of benzene rings is 1. The van der Waals surface area contributed by atoms with Gasteiger partial charge in [-0.25, -0.2) is 4.98 Å². The van der Waals surface area contributed by atoms with Gasteiger partial charge in [0.15, 0.2) is 0 Å². The van der Waals surface area contributed by atoms with Crippen LogP contribution in [0.4, 0.5) is 0 Å². The molecule has 4 heteroatoms. The fraction of sp³-hybridized carbons (Fsp3) is 0.300. The normalized spacial score (nSPS) is 11.1. The summed E-state index contributed by atoms with van der Waals surface area (Å²) in [7, 11) is 0. The highest BCUT2D eigenvalue weighted by Crippen LogP contribution is 2.32. The van der Waals surface area contributed by atoms with Crippen molar-refractivity contribution < 1.29 is 4.74 Å². The molecule has 0 saturated carbocycles. The Hall–Kier alpha value is -0.800. The molecule has 0 spiro atoms. The number of thiazole rings is 1. The number of hydrogen-bond donors (Lipinski definition) is 0. The molecule has 0 aliphatic carbocycles. The molecule has 0 bridgehead atoms. The van der Waals surface area contributed by atoms with Gasteiger partial charge in [-0.15, -0.1) is 0 Å². The molecule has 0 radical (unpaired) electrons. The van der Waals surface area contributed by atoms with E-state index >= 15 is 0 Å². The first-order chi connectivity index (χ1) is 6.66. The Bertz CT molecular complexity index is 452. The Morgan fingerprint density at radius 1 is 1.43 bits per heavy atom. The van der Waals surface area contributed by atoms with Crippen LogP contribution in [-0.4, -0.2) is 11.1 Å². The molecule has 0 fully saturated rings. The average Bonchev–Trinajstić information content (AvgIpc) is 2.47. The molecule has 14 heavy (non-hydrogen) atoms. The second-order valence-corrected chi connectivity index (χ2v) is 4.63. The van der Waals surface area contributed by atoms with Crippen molar-refractivity contribution >= 4 is 33.2 Å². The second-order valence-electron chi connectivity index (χ2n) is 3.23. The Balaban J connectivity index is 2.46. The van der Waals surface area contributed by atoms with E-state index in [9.17, 15) is 0 Å². The lowest BCUT2D eigenvalue weighted by atomic mass is 10.3. The number of halogens is 1. The largest absolute Gasteiger partial charge is 0.467 e. The van der Waals surface area contributed by atoms with E-state index in [4.69, 9.17) is 16.3 Å². The Morgan fingerprint density at radius 3 is 2.86 bits per heavy atom. The van der Waals surface area contributed by atoms with Crippen LogP contribution in [-0.2, 0) is 0 Å². The van der Waals surface area contributed by atoms with Crippen molar-refractivity contribution in [2.45, 2.75) is 20.0 Å². The highest BCUT2D eigenvalue weighted by molar-refractivity contribution is 7.20. The van der Waals surface area contributed by atoms with Gasteiger partial charge in [-0.3, -0.25) is 0 Å². The number of aromatic nitrogens is 1. The molecule has 0 amide bonds. The third-order valence-corrected chi connectivity index (χ3v) is 2.90. The van der Waals surface area contributed by atoms with Crippen LogP contribution < -0.4 is 4.74 Å². The predicted octanol–water partition coefficient (Wildman–Crippen LogP) is 3.74. The van der Waals surface area contributed by atoms with Crippen LogP contribution in [0.5, 0.6) is 5.19 Å². The zero-order valence-electron chi connectivity index (χ0n) is 7.95. The molecule has 0 aliphatic heterocycles. The van der Waals surface area contributed by atoms with Gasteiger partial charge in [-0.2, -0.15) is 0 Å². The zero-order chi connectivity index (χ0) is 10.1. The highest BCUT2D eigenvalue weighted by atomic mass is 35.5. The maximum atomic E-state index is 6.00. The first kappa shape index (κ1) is 9.74. The quantitative estimate of drug-likeness (QED) is 0.780. The van der Waals surface area contributed by atoms with Crippen LogP contribution in [0.15, 0.2) is 18.2 Å². The van der Waals surface area contributed by atoms with Gasteiger partial charge in [0.2, 0.25) is 0 Å². The minimum atomic E-state index is 0.148. The van der Waals surface area contributed by atoms with E-state index in [0.29, 0.717) is 10.2 Å². The molecular weight excluding hydrogens is 218 g/mol. The minimum Gasteiger partial charge on any atom is -0.467 e. The van der Waals surface area contributed by atoms with E-state index in [1.165, 1.54) is 11.3 Å². The zero-order valence-corrected chi connectivity index (χ0v) is 9.52. The van der Waals surface area contributed by atoms with Crippen LogP contribution in [0.25, 0.3) is 10.2 Å². The van der Waals surface area contributed by atoms with Gasteiger partial charge in [-0.05, 0) is 26.0 Å². The van der Waals surface area contributed by atoms with Crippen molar-refractivity contribution in [3.8, 4) is 5.19 Å². The lowest BCUT2D eigenvalue weighted by Gasteiger charge is -2.03. The summed E-state index contributed by atoms with van der Waals surface area (Å²) in [6, 6.07) is 5.75. The molecule has 2 rings (SSSR count). The van der Waals surface area contributed by atoms with E-state index < -0.39 is 0 Å².